The number of benzene rings is 2. The average Bonchev–Trinajstić information content (AvgIpc) is 2.96. The first-order valence-electron chi connectivity index (χ1n) is 7.63. The van der Waals surface area contributed by atoms with E-state index in [0.717, 1.165) is 31.7 Å². The number of carbonyl (C=O) groups is 1. The van der Waals surface area contributed by atoms with E-state index >= 15 is 0 Å². The monoisotopic (exact) mass is 295 g/mol. The molecule has 1 unspecified atom stereocenters. The van der Waals surface area contributed by atoms with Gasteiger partial charge in [-0.05, 0) is 36.2 Å². The van der Waals surface area contributed by atoms with Crippen molar-refractivity contribution in [3.05, 3.63) is 65.7 Å². The molecule has 1 heterocycles. The zero-order valence-electron chi connectivity index (χ0n) is 12.5. The maximum atomic E-state index is 11.1. The molecule has 1 saturated heterocycles. The number of nitrogens with two attached hydrogens (primary N) is 1. The summed E-state index contributed by atoms with van der Waals surface area (Å²) in [5.41, 5.74) is 8.19. The third-order valence-corrected chi connectivity index (χ3v) is 4.06. The minimum Gasteiger partial charge on any atom is -0.381 e. The fourth-order valence-corrected chi connectivity index (χ4v) is 2.90. The first-order chi connectivity index (χ1) is 10.7. The maximum absolute atomic E-state index is 11.1. The minimum atomic E-state index is -0.388. The fourth-order valence-electron chi connectivity index (χ4n) is 2.90. The van der Waals surface area contributed by atoms with Crippen LogP contribution >= 0.6 is 0 Å². The van der Waals surface area contributed by atoms with Gasteiger partial charge in [0.2, 0.25) is 5.91 Å². The second kappa shape index (κ2) is 6.62. The van der Waals surface area contributed by atoms with E-state index in [0.29, 0.717) is 11.6 Å². The molecular weight excluding hydrogens is 274 g/mol. The van der Waals surface area contributed by atoms with Crippen LogP contribution in [-0.2, 0) is 6.54 Å². The first-order valence-corrected chi connectivity index (χ1v) is 7.63. The van der Waals surface area contributed by atoms with Crippen LogP contribution in [0.1, 0.15) is 22.3 Å². The molecule has 0 aliphatic carbocycles. The van der Waals surface area contributed by atoms with Crippen molar-refractivity contribution in [1.82, 2.24) is 4.90 Å². The van der Waals surface area contributed by atoms with E-state index < -0.39 is 0 Å². The Morgan fingerprint density at radius 1 is 1.14 bits per heavy atom. The van der Waals surface area contributed by atoms with E-state index in [4.69, 9.17) is 5.73 Å². The van der Waals surface area contributed by atoms with Crippen LogP contribution in [-0.4, -0.2) is 29.9 Å². The van der Waals surface area contributed by atoms with Gasteiger partial charge in [0.15, 0.2) is 0 Å². The number of rotatable bonds is 5. The third-order valence-electron chi connectivity index (χ3n) is 4.06. The Hall–Kier alpha value is -2.33. The summed E-state index contributed by atoms with van der Waals surface area (Å²) in [6.45, 7) is 3.14. The lowest BCUT2D eigenvalue weighted by Gasteiger charge is -2.17. The molecule has 1 fully saturated rings. The van der Waals surface area contributed by atoms with E-state index in [9.17, 15) is 4.79 Å². The van der Waals surface area contributed by atoms with Gasteiger partial charge in [0.25, 0.3) is 0 Å². The number of hydrogen-bond donors (Lipinski definition) is 2. The third kappa shape index (κ3) is 3.65. The van der Waals surface area contributed by atoms with Gasteiger partial charge in [-0.3, -0.25) is 9.69 Å². The van der Waals surface area contributed by atoms with Crippen molar-refractivity contribution < 1.29 is 4.79 Å². The second-order valence-electron chi connectivity index (χ2n) is 5.79. The van der Waals surface area contributed by atoms with Gasteiger partial charge < -0.3 is 11.1 Å². The molecule has 1 aliphatic rings. The van der Waals surface area contributed by atoms with Crippen molar-refractivity contribution >= 4 is 11.6 Å². The predicted octanol–water partition coefficient (Wildman–Crippen LogP) is 2.47. The lowest BCUT2D eigenvalue weighted by Crippen LogP contribution is -2.26. The Kier molecular flexibility index (Phi) is 4.39. The first kappa shape index (κ1) is 14.6. The topological polar surface area (TPSA) is 58.4 Å². The van der Waals surface area contributed by atoms with Gasteiger partial charge in [0.1, 0.15) is 0 Å². The number of hydrogen-bond acceptors (Lipinski definition) is 3. The lowest BCUT2D eigenvalue weighted by molar-refractivity contribution is 0.100. The highest BCUT2D eigenvalue weighted by Gasteiger charge is 2.22. The van der Waals surface area contributed by atoms with Crippen molar-refractivity contribution in [2.75, 3.05) is 18.4 Å². The van der Waals surface area contributed by atoms with Crippen LogP contribution in [0, 0.1) is 0 Å². The Labute approximate surface area is 130 Å². The molecule has 0 aromatic heterocycles. The van der Waals surface area contributed by atoms with Gasteiger partial charge in [-0.2, -0.15) is 0 Å². The number of anilines is 1. The summed E-state index contributed by atoms with van der Waals surface area (Å²) >= 11 is 0. The van der Waals surface area contributed by atoms with E-state index in [1.807, 2.05) is 18.2 Å². The van der Waals surface area contributed by atoms with E-state index in [1.165, 1.54) is 5.56 Å². The van der Waals surface area contributed by atoms with E-state index in [-0.39, 0.29) is 5.91 Å². The molecule has 1 amide bonds. The summed E-state index contributed by atoms with van der Waals surface area (Å²) < 4.78 is 0. The lowest BCUT2D eigenvalue weighted by atomic mass is 10.2. The molecule has 0 bridgehead atoms. The van der Waals surface area contributed by atoms with Crippen molar-refractivity contribution in [2.24, 2.45) is 5.73 Å². The van der Waals surface area contributed by atoms with Gasteiger partial charge in [-0.25, -0.2) is 0 Å². The van der Waals surface area contributed by atoms with Crippen LogP contribution in [0.25, 0.3) is 0 Å². The number of amides is 1. The Bertz CT molecular complexity index is 625. The molecule has 4 heteroatoms. The molecule has 2 aromatic carbocycles. The second-order valence-corrected chi connectivity index (χ2v) is 5.79. The largest absolute Gasteiger partial charge is 0.381 e. The number of likely N-dealkylation sites (tertiary alicyclic amines) is 1. The summed E-state index contributed by atoms with van der Waals surface area (Å²) in [7, 11) is 0. The SMILES string of the molecule is NC(=O)c1ccc(NC2CCN(Cc3ccccc3)C2)cc1. The molecule has 0 spiro atoms. The van der Waals surface area contributed by atoms with Gasteiger partial charge in [-0.1, -0.05) is 30.3 Å². The smallest absolute Gasteiger partial charge is 0.248 e. The fraction of sp³-hybridized carbons (Fsp3) is 0.278. The van der Waals surface area contributed by atoms with Crippen LogP contribution in [0.2, 0.25) is 0 Å². The Morgan fingerprint density at radius 2 is 1.86 bits per heavy atom. The van der Waals surface area contributed by atoms with Crippen molar-refractivity contribution in [1.29, 1.82) is 0 Å². The van der Waals surface area contributed by atoms with Crippen LogP contribution in [0.15, 0.2) is 54.6 Å². The molecule has 2 aromatic rings. The molecule has 1 atom stereocenters. The quantitative estimate of drug-likeness (QED) is 0.891. The van der Waals surface area contributed by atoms with Crippen LogP contribution in [0.5, 0.6) is 0 Å². The van der Waals surface area contributed by atoms with Crippen molar-refractivity contribution in [2.45, 2.75) is 19.0 Å². The summed E-state index contributed by atoms with van der Waals surface area (Å²) in [6, 6.07) is 18.4. The standard InChI is InChI=1S/C18H21N3O/c19-18(22)15-6-8-16(9-7-15)20-17-10-11-21(13-17)12-14-4-2-1-3-5-14/h1-9,17,20H,10-13H2,(H2,19,22). The molecule has 0 saturated carbocycles. The minimum absolute atomic E-state index is 0.388. The summed E-state index contributed by atoms with van der Waals surface area (Å²) in [5.74, 6) is -0.388. The highest BCUT2D eigenvalue weighted by Crippen LogP contribution is 2.18. The number of nitrogens with zero attached hydrogens (tertiary/aromatic N) is 1. The number of primary amides is 1. The molecule has 22 heavy (non-hydrogen) atoms. The molecule has 3 rings (SSSR count). The van der Waals surface area contributed by atoms with E-state index in [2.05, 4.69) is 34.5 Å². The predicted molar refractivity (Wildman–Crippen MR) is 88.7 cm³/mol. The van der Waals surface area contributed by atoms with Gasteiger partial charge in [0.05, 0.1) is 0 Å². The molecule has 1 aliphatic heterocycles. The van der Waals surface area contributed by atoms with Gasteiger partial charge in [0, 0.05) is 36.9 Å². The highest BCUT2D eigenvalue weighted by molar-refractivity contribution is 5.93. The van der Waals surface area contributed by atoms with Crippen LogP contribution in [0.4, 0.5) is 5.69 Å². The summed E-state index contributed by atoms with van der Waals surface area (Å²) in [6.07, 6.45) is 1.13. The highest BCUT2D eigenvalue weighted by atomic mass is 16.1. The van der Waals surface area contributed by atoms with Crippen molar-refractivity contribution in [3.63, 3.8) is 0 Å². The zero-order valence-corrected chi connectivity index (χ0v) is 12.5. The van der Waals surface area contributed by atoms with Crippen LogP contribution in [0.3, 0.4) is 0 Å². The Balaban J connectivity index is 1.53. The molecule has 4 nitrogen and oxygen atoms in total. The number of carbonyl (C=O) groups excluding carboxylic acids is 1. The van der Waals surface area contributed by atoms with Crippen molar-refractivity contribution in [3.8, 4) is 0 Å². The summed E-state index contributed by atoms with van der Waals surface area (Å²) in [4.78, 5) is 13.5. The summed E-state index contributed by atoms with van der Waals surface area (Å²) in [5, 5.41) is 3.53. The Morgan fingerprint density at radius 3 is 2.55 bits per heavy atom. The van der Waals surface area contributed by atoms with Gasteiger partial charge in [-0.15, -0.1) is 0 Å². The zero-order chi connectivity index (χ0) is 15.4. The molecular formula is C18H21N3O. The average molecular weight is 295 g/mol. The van der Waals surface area contributed by atoms with Crippen LogP contribution < -0.4 is 11.1 Å². The molecule has 0 radical (unpaired) electrons. The van der Waals surface area contributed by atoms with Gasteiger partial charge >= 0.3 is 0 Å². The molecule has 114 valence electrons. The van der Waals surface area contributed by atoms with E-state index in [1.54, 1.807) is 12.1 Å². The maximum Gasteiger partial charge on any atom is 0.248 e. The normalized spacial score (nSPS) is 18.3. The number of nitrogens with one attached hydrogen (secondary N) is 1. The molecule has 3 N–H and O–H groups in total.